The third-order valence-corrected chi connectivity index (χ3v) is 3.97. The number of nitrogens with zero attached hydrogens (tertiary/aromatic N) is 1. The van der Waals surface area contributed by atoms with Gasteiger partial charge in [0, 0.05) is 17.3 Å². The highest BCUT2D eigenvalue weighted by atomic mass is 35.5. The van der Waals surface area contributed by atoms with E-state index in [2.05, 4.69) is 0 Å². The summed E-state index contributed by atoms with van der Waals surface area (Å²) >= 11 is 6.01. The minimum atomic E-state index is -0.641. The zero-order valence-electron chi connectivity index (χ0n) is 13.3. The number of carbonyl (C=O) groups excluding carboxylic acids is 2. The SMILES string of the molecule is COC(=O)C1=C(C)N(C(C)C)C(=O)C1=Cc1c(F)cccc1Cl. The Hall–Kier alpha value is -2.14. The van der Waals surface area contributed by atoms with Gasteiger partial charge in [-0.05, 0) is 39.0 Å². The fourth-order valence-corrected chi connectivity index (χ4v) is 2.83. The van der Waals surface area contributed by atoms with Gasteiger partial charge in [0.25, 0.3) is 5.91 Å². The molecule has 0 aliphatic carbocycles. The molecule has 0 saturated heterocycles. The summed E-state index contributed by atoms with van der Waals surface area (Å²) in [4.78, 5) is 26.2. The van der Waals surface area contributed by atoms with Gasteiger partial charge >= 0.3 is 5.97 Å². The molecule has 0 atom stereocenters. The lowest BCUT2D eigenvalue weighted by Gasteiger charge is -2.22. The second kappa shape index (κ2) is 6.54. The third-order valence-electron chi connectivity index (χ3n) is 3.64. The van der Waals surface area contributed by atoms with E-state index in [1.165, 1.54) is 36.3 Å². The topological polar surface area (TPSA) is 46.6 Å². The molecule has 1 aromatic carbocycles. The first-order chi connectivity index (χ1) is 10.8. The number of amides is 1. The van der Waals surface area contributed by atoms with Gasteiger partial charge < -0.3 is 9.64 Å². The van der Waals surface area contributed by atoms with Crippen LogP contribution in [0, 0.1) is 5.82 Å². The molecule has 0 saturated carbocycles. The number of carbonyl (C=O) groups is 2. The van der Waals surface area contributed by atoms with Crippen molar-refractivity contribution < 1.29 is 18.7 Å². The summed E-state index contributed by atoms with van der Waals surface area (Å²) in [6, 6.07) is 4.08. The fourth-order valence-electron chi connectivity index (χ4n) is 2.61. The summed E-state index contributed by atoms with van der Waals surface area (Å²) in [5.74, 6) is -1.59. The van der Waals surface area contributed by atoms with E-state index in [1.807, 2.05) is 13.8 Å². The van der Waals surface area contributed by atoms with Crippen molar-refractivity contribution in [2.75, 3.05) is 7.11 Å². The van der Waals surface area contributed by atoms with Crippen molar-refractivity contribution in [2.24, 2.45) is 0 Å². The highest BCUT2D eigenvalue weighted by molar-refractivity contribution is 6.32. The average Bonchev–Trinajstić information content (AvgIpc) is 2.73. The van der Waals surface area contributed by atoms with Crippen molar-refractivity contribution in [3.63, 3.8) is 0 Å². The van der Waals surface area contributed by atoms with E-state index in [0.29, 0.717) is 5.70 Å². The number of methoxy groups -OCH3 is 1. The number of ether oxygens (including phenoxy) is 1. The molecule has 1 aliphatic rings. The Kier molecular flexibility index (Phi) is 4.90. The Morgan fingerprint density at radius 2 is 2.04 bits per heavy atom. The van der Waals surface area contributed by atoms with Gasteiger partial charge in [-0.25, -0.2) is 9.18 Å². The molecule has 0 spiro atoms. The first kappa shape index (κ1) is 17.2. The van der Waals surface area contributed by atoms with Crippen LogP contribution in [0.5, 0.6) is 0 Å². The number of halogens is 2. The van der Waals surface area contributed by atoms with Crippen molar-refractivity contribution >= 4 is 29.6 Å². The molecule has 23 heavy (non-hydrogen) atoms. The van der Waals surface area contributed by atoms with E-state index >= 15 is 0 Å². The summed E-state index contributed by atoms with van der Waals surface area (Å²) in [6.45, 7) is 5.32. The number of hydrogen-bond donors (Lipinski definition) is 0. The second-order valence-electron chi connectivity index (χ2n) is 5.41. The summed E-state index contributed by atoms with van der Waals surface area (Å²) in [5, 5.41) is 0.162. The Balaban J connectivity index is 2.66. The van der Waals surface area contributed by atoms with Crippen molar-refractivity contribution in [3.8, 4) is 0 Å². The molecule has 6 heteroatoms. The van der Waals surface area contributed by atoms with Crippen LogP contribution >= 0.6 is 11.6 Å². The van der Waals surface area contributed by atoms with E-state index in [1.54, 1.807) is 6.92 Å². The molecule has 0 radical (unpaired) electrons. The molecule has 0 unspecified atom stereocenters. The van der Waals surface area contributed by atoms with Crippen LogP contribution in [0.4, 0.5) is 4.39 Å². The lowest BCUT2D eigenvalue weighted by atomic mass is 10.0. The highest BCUT2D eigenvalue weighted by Gasteiger charge is 2.38. The maximum Gasteiger partial charge on any atom is 0.340 e. The molecule has 1 aromatic rings. The quantitative estimate of drug-likeness (QED) is 0.626. The number of allylic oxidation sites excluding steroid dienone is 1. The van der Waals surface area contributed by atoms with Crippen LogP contribution in [0.1, 0.15) is 26.3 Å². The maximum atomic E-state index is 14.0. The van der Waals surface area contributed by atoms with Crippen LogP contribution in [0.3, 0.4) is 0 Å². The van der Waals surface area contributed by atoms with Crippen LogP contribution in [0.15, 0.2) is 35.0 Å². The normalized spacial score (nSPS) is 16.7. The molecule has 2 rings (SSSR count). The van der Waals surface area contributed by atoms with Gasteiger partial charge in [0.05, 0.1) is 23.3 Å². The minimum Gasteiger partial charge on any atom is -0.465 e. The van der Waals surface area contributed by atoms with Crippen LogP contribution in [0.25, 0.3) is 6.08 Å². The van der Waals surface area contributed by atoms with E-state index in [9.17, 15) is 14.0 Å². The Bertz CT molecular complexity index is 717. The number of hydrogen-bond acceptors (Lipinski definition) is 3. The van der Waals surface area contributed by atoms with E-state index in [-0.39, 0.29) is 33.7 Å². The summed E-state index contributed by atoms with van der Waals surface area (Å²) in [5.41, 5.74) is 0.758. The summed E-state index contributed by atoms with van der Waals surface area (Å²) < 4.78 is 18.8. The molecule has 0 N–H and O–H groups in total. The summed E-state index contributed by atoms with van der Waals surface area (Å²) in [7, 11) is 1.23. The Labute approximate surface area is 139 Å². The van der Waals surface area contributed by atoms with Crippen molar-refractivity contribution in [1.29, 1.82) is 0 Å². The molecule has 4 nitrogen and oxygen atoms in total. The van der Waals surface area contributed by atoms with Gasteiger partial charge in [0.1, 0.15) is 5.82 Å². The lowest BCUT2D eigenvalue weighted by Crippen LogP contribution is -2.31. The van der Waals surface area contributed by atoms with Crippen molar-refractivity contribution in [2.45, 2.75) is 26.8 Å². The predicted molar refractivity (Wildman–Crippen MR) is 86.1 cm³/mol. The molecule has 1 aliphatic heterocycles. The molecule has 0 bridgehead atoms. The predicted octanol–water partition coefficient (Wildman–Crippen LogP) is 3.56. The number of esters is 1. The Morgan fingerprint density at radius 3 is 2.57 bits per heavy atom. The van der Waals surface area contributed by atoms with E-state index in [0.717, 1.165) is 0 Å². The van der Waals surface area contributed by atoms with Gasteiger partial charge in [-0.2, -0.15) is 0 Å². The van der Waals surface area contributed by atoms with Crippen LogP contribution in [-0.2, 0) is 14.3 Å². The maximum absolute atomic E-state index is 14.0. The van der Waals surface area contributed by atoms with Gasteiger partial charge in [-0.15, -0.1) is 0 Å². The van der Waals surface area contributed by atoms with Crippen LogP contribution in [-0.4, -0.2) is 29.9 Å². The highest BCUT2D eigenvalue weighted by Crippen LogP contribution is 2.34. The monoisotopic (exact) mass is 337 g/mol. The standard InChI is InChI=1S/C17H17ClFNO3/c1-9(2)20-10(3)15(17(22)23-4)12(16(20)21)8-11-13(18)6-5-7-14(11)19/h5-9H,1-4H3. The van der Waals surface area contributed by atoms with Crippen molar-refractivity contribution in [1.82, 2.24) is 4.90 Å². The molecular weight excluding hydrogens is 321 g/mol. The molecule has 0 aromatic heterocycles. The van der Waals surface area contributed by atoms with E-state index < -0.39 is 11.8 Å². The first-order valence-electron chi connectivity index (χ1n) is 7.08. The smallest absolute Gasteiger partial charge is 0.340 e. The fraction of sp³-hybridized carbons (Fsp3) is 0.294. The molecule has 122 valence electrons. The minimum absolute atomic E-state index is 0.0670. The first-order valence-corrected chi connectivity index (χ1v) is 7.46. The van der Waals surface area contributed by atoms with Gasteiger partial charge in [-0.1, -0.05) is 17.7 Å². The Morgan fingerprint density at radius 1 is 1.39 bits per heavy atom. The molecule has 0 fully saturated rings. The zero-order chi connectivity index (χ0) is 17.3. The average molecular weight is 338 g/mol. The summed E-state index contributed by atoms with van der Waals surface area (Å²) in [6.07, 6.45) is 1.30. The van der Waals surface area contributed by atoms with Gasteiger partial charge in [0.15, 0.2) is 0 Å². The largest absolute Gasteiger partial charge is 0.465 e. The molecule has 1 amide bonds. The number of benzene rings is 1. The van der Waals surface area contributed by atoms with Crippen LogP contribution in [0.2, 0.25) is 5.02 Å². The molecule has 1 heterocycles. The number of rotatable bonds is 3. The van der Waals surface area contributed by atoms with E-state index in [4.69, 9.17) is 16.3 Å². The van der Waals surface area contributed by atoms with Gasteiger partial charge in [-0.3, -0.25) is 4.79 Å². The lowest BCUT2D eigenvalue weighted by molar-refractivity contribution is -0.136. The molecular formula is C17H17ClFNO3. The zero-order valence-corrected chi connectivity index (χ0v) is 14.1. The van der Waals surface area contributed by atoms with Crippen molar-refractivity contribution in [3.05, 3.63) is 51.4 Å². The third kappa shape index (κ3) is 3.01. The second-order valence-corrected chi connectivity index (χ2v) is 5.82. The van der Waals surface area contributed by atoms with Gasteiger partial charge in [0.2, 0.25) is 0 Å². The van der Waals surface area contributed by atoms with Crippen LogP contribution < -0.4 is 0 Å².